The zero-order valence-corrected chi connectivity index (χ0v) is 17.8. The Morgan fingerprint density at radius 3 is 2.42 bits per heavy atom. The van der Waals surface area contributed by atoms with Crippen molar-refractivity contribution >= 4 is 17.6 Å². The van der Waals surface area contributed by atoms with Crippen molar-refractivity contribution in [2.75, 3.05) is 0 Å². The average molecular weight is 428 g/mol. The molecular formula is C23H29N3O5. The molecule has 0 saturated heterocycles. The first kappa shape index (κ1) is 24.0. The molecule has 2 rings (SSSR count). The molecule has 31 heavy (non-hydrogen) atoms. The van der Waals surface area contributed by atoms with Gasteiger partial charge in [0.15, 0.2) is 0 Å². The van der Waals surface area contributed by atoms with E-state index in [9.17, 15) is 14.4 Å². The molecule has 2 aromatic rings. The molecular weight excluding hydrogens is 398 g/mol. The van der Waals surface area contributed by atoms with Crippen LogP contribution in [-0.2, 0) is 16.0 Å². The van der Waals surface area contributed by atoms with Gasteiger partial charge in [0.05, 0.1) is 18.0 Å². The van der Waals surface area contributed by atoms with Crippen molar-refractivity contribution in [3.63, 3.8) is 0 Å². The van der Waals surface area contributed by atoms with Gasteiger partial charge in [-0.05, 0) is 24.3 Å². The van der Waals surface area contributed by atoms with Crippen LogP contribution < -0.4 is 10.8 Å². The number of hydrogen-bond acceptors (Lipinski definition) is 6. The summed E-state index contributed by atoms with van der Waals surface area (Å²) in [7, 11) is 0. The number of rotatable bonds is 12. The van der Waals surface area contributed by atoms with Gasteiger partial charge in [-0.25, -0.2) is 10.5 Å². The summed E-state index contributed by atoms with van der Waals surface area (Å²) in [6.45, 7) is 7.51. The smallest absolute Gasteiger partial charge is 0.265 e. The van der Waals surface area contributed by atoms with E-state index in [-0.39, 0.29) is 24.7 Å². The summed E-state index contributed by atoms with van der Waals surface area (Å²) in [6.07, 6.45) is 5.02. The minimum absolute atomic E-state index is 0.0996. The summed E-state index contributed by atoms with van der Waals surface area (Å²) in [5.41, 5.74) is 2.49. The van der Waals surface area contributed by atoms with Crippen molar-refractivity contribution in [1.82, 2.24) is 15.8 Å². The van der Waals surface area contributed by atoms with Crippen molar-refractivity contribution in [1.29, 1.82) is 0 Å². The Kier molecular flexibility index (Phi) is 9.14. The number of carbonyl (C=O) groups is 3. The number of oxazole rings is 1. The molecule has 0 saturated carbocycles. The van der Waals surface area contributed by atoms with E-state index >= 15 is 0 Å². The van der Waals surface area contributed by atoms with Gasteiger partial charge in [0.2, 0.25) is 17.6 Å². The minimum Gasteiger partial charge on any atom is -0.442 e. The molecule has 2 amide bonds. The Hall–Kier alpha value is -3.26. The van der Waals surface area contributed by atoms with E-state index in [1.807, 2.05) is 44.2 Å². The van der Waals surface area contributed by atoms with Crippen molar-refractivity contribution < 1.29 is 24.0 Å². The number of benzene rings is 1. The second kappa shape index (κ2) is 11.8. The Balaban J connectivity index is 2.31. The highest BCUT2D eigenvalue weighted by molar-refractivity contribution is 5.99. The fourth-order valence-corrected chi connectivity index (χ4v) is 3.51. The molecule has 0 aliphatic carbocycles. The van der Waals surface area contributed by atoms with Crippen LogP contribution in [0.2, 0.25) is 0 Å². The lowest BCUT2D eigenvalue weighted by Crippen LogP contribution is -2.48. The van der Waals surface area contributed by atoms with Gasteiger partial charge in [-0.2, -0.15) is 0 Å². The second-order valence-corrected chi connectivity index (χ2v) is 7.80. The van der Waals surface area contributed by atoms with Crippen LogP contribution in [0.4, 0.5) is 0 Å². The van der Waals surface area contributed by atoms with Crippen LogP contribution in [0.15, 0.2) is 59.9 Å². The highest BCUT2D eigenvalue weighted by Gasteiger charge is 2.36. The van der Waals surface area contributed by atoms with E-state index in [2.05, 4.69) is 16.9 Å². The van der Waals surface area contributed by atoms with Gasteiger partial charge in [-0.15, -0.1) is 6.58 Å². The molecule has 0 aliphatic heterocycles. The normalized spacial score (nSPS) is 13.8. The zero-order valence-electron chi connectivity index (χ0n) is 17.8. The summed E-state index contributed by atoms with van der Waals surface area (Å²) in [5.74, 6) is -3.16. The molecule has 0 bridgehead atoms. The lowest BCUT2D eigenvalue weighted by Gasteiger charge is -2.27. The fraction of sp³-hybridized carbons (Fsp3) is 0.391. The number of carbonyl (C=O) groups excluding carboxylic acids is 3. The summed E-state index contributed by atoms with van der Waals surface area (Å²) < 4.78 is 5.14. The zero-order chi connectivity index (χ0) is 22.8. The first-order valence-corrected chi connectivity index (χ1v) is 10.2. The van der Waals surface area contributed by atoms with Crippen LogP contribution in [0.5, 0.6) is 0 Å². The molecule has 0 spiro atoms. The van der Waals surface area contributed by atoms with E-state index in [0.717, 1.165) is 5.56 Å². The number of nitrogens with one attached hydrogen (secondary N) is 2. The van der Waals surface area contributed by atoms with Crippen LogP contribution in [-0.4, -0.2) is 33.8 Å². The topological polar surface area (TPSA) is 122 Å². The Labute approximate surface area is 181 Å². The first-order valence-electron chi connectivity index (χ1n) is 10.2. The van der Waals surface area contributed by atoms with Gasteiger partial charge in [-0.1, -0.05) is 50.3 Å². The molecule has 8 heteroatoms. The molecule has 3 unspecified atom stereocenters. The second-order valence-electron chi connectivity index (χ2n) is 7.80. The number of hydrogen-bond donors (Lipinski definition) is 3. The van der Waals surface area contributed by atoms with E-state index in [0.29, 0.717) is 6.42 Å². The quantitative estimate of drug-likeness (QED) is 0.207. The Morgan fingerprint density at radius 2 is 1.87 bits per heavy atom. The summed E-state index contributed by atoms with van der Waals surface area (Å²) in [6, 6.07) is 8.33. The lowest BCUT2D eigenvalue weighted by atomic mass is 9.82. The molecule has 0 aliphatic rings. The SMILES string of the molecule is C=CCC(C(=O)NO)C(CC(C)C)C(=O)NC(Cc1ccccc1)C(=O)c1ncco1. The minimum atomic E-state index is -0.926. The molecule has 1 aromatic heterocycles. The van der Waals surface area contributed by atoms with Crippen LogP contribution in [0, 0.1) is 17.8 Å². The lowest BCUT2D eigenvalue weighted by molar-refractivity contribution is -0.140. The molecule has 0 radical (unpaired) electrons. The summed E-state index contributed by atoms with van der Waals surface area (Å²) in [5, 5.41) is 11.9. The van der Waals surface area contributed by atoms with Crippen molar-refractivity contribution in [2.24, 2.45) is 17.8 Å². The van der Waals surface area contributed by atoms with Crippen molar-refractivity contribution in [3.05, 3.63) is 66.9 Å². The van der Waals surface area contributed by atoms with E-state index in [1.54, 1.807) is 5.48 Å². The van der Waals surface area contributed by atoms with Crippen LogP contribution in [0.1, 0.15) is 42.9 Å². The fourth-order valence-electron chi connectivity index (χ4n) is 3.51. The average Bonchev–Trinajstić information content (AvgIpc) is 3.30. The first-order chi connectivity index (χ1) is 14.9. The predicted octanol–water partition coefficient (Wildman–Crippen LogP) is 2.94. The van der Waals surface area contributed by atoms with Gasteiger partial charge < -0.3 is 9.73 Å². The maximum Gasteiger partial charge on any atom is 0.265 e. The highest BCUT2D eigenvalue weighted by Crippen LogP contribution is 2.25. The molecule has 0 fully saturated rings. The molecule has 3 N–H and O–H groups in total. The predicted molar refractivity (Wildman–Crippen MR) is 114 cm³/mol. The number of nitrogens with zero attached hydrogens (tertiary/aromatic N) is 1. The van der Waals surface area contributed by atoms with Gasteiger partial charge in [0.1, 0.15) is 12.3 Å². The number of hydroxylamine groups is 1. The number of allylic oxidation sites excluding steroid dienone is 1. The number of aromatic nitrogens is 1. The monoisotopic (exact) mass is 427 g/mol. The van der Waals surface area contributed by atoms with E-state index in [4.69, 9.17) is 9.62 Å². The van der Waals surface area contributed by atoms with Crippen LogP contribution in [0.25, 0.3) is 0 Å². The molecule has 8 nitrogen and oxygen atoms in total. The maximum atomic E-state index is 13.3. The summed E-state index contributed by atoms with van der Waals surface area (Å²) >= 11 is 0. The van der Waals surface area contributed by atoms with Crippen LogP contribution in [0.3, 0.4) is 0 Å². The van der Waals surface area contributed by atoms with Gasteiger partial charge >= 0.3 is 0 Å². The Morgan fingerprint density at radius 1 is 1.16 bits per heavy atom. The van der Waals surface area contributed by atoms with Gasteiger partial charge in [0, 0.05) is 6.42 Å². The van der Waals surface area contributed by atoms with Crippen molar-refractivity contribution in [3.8, 4) is 0 Å². The van der Waals surface area contributed by atoms with E-state index < -0.39 is 35.5 Å². The molecule has 3 atom stereocenters. The number of amides is 2. The van der Waals surface area contributed by atoms with Gasteiger partial charge in [-0.3, -0.25) is 19.6 Å². The molecule has 1 heterocycles. The number of ketones is 1. The van der Waals surface area contributed by atoms with Gasteiger partial charge in [0.25, 0.3) is 5.89 Å². The highest BCUT2D eigenvalue weighted by atomic mass is 16.5. The van der Waals surface area contributed by atoms with Crippen LogP contribution >= 0.6 is 0 Å². The van der Waals surface area contributed by atoms with Crippen molar-refractivity contribution in [2.45, 2.75) is 39.2 Å². The standard InChI is InChI=1S/C23H29N3O5/c1-4-8-17(22(29)26-30)18(13-15(2)3)21(28)25-19(14-16-9-6-5-7-10-16)20(27)23-24-11-12-31-23/h4-7,9-12,15,17-19,30H,1,8,13-14H2,2-3H3,(H,25,28)(H,26,29). The largest absolute Gasteiger partial charge is 0.442 e. The maximum absolute atomic E-state index is 13.3. The molecule has 166 valence electrons. The third kappa shape index (κ3) is 6.89. The summed E-state index contributed by atoms with van der Waals surface area (Å²) in [4.78, 5) is 42.4. The number of Topliss-reactive ketones (excluding diaryl/α,β-unsaturated/α-hetero) is 1. The van der Waals surface area contributed by atoms with E-state index in [1.165, 1.54) is 18.5 Å². The molecule has 1 aromatic carbocycles. The Bertz CT molecular complexity index is 865. The third-order valence-corrected chi connectivity index (χ3v) is 4.97. The third-order valence-electron chi connectivity index (χ3n) is 4.97.